The first-order chi connectivity index (χ1) is 14.8. The van der Waals surface area contributed by atoms with Crippen LogP contribution < -0.4 is 4.74 Å². The Hall–Kier alpha value is -3.23. The fourth-order valence-corrected chi connectivity index (χ4v) is 3.13. The molecule has 2 aromatic rings. The number of hydrogen-bond donors (Lipinski definition) is 2. The highest BCUT2D eigenvalue weighted by atomic mass is 19.4. The molecule has 0 bridgehead atoms. The van der Waals surface area contributed by atoms with Gasteiger partial charge in [0, 0.05) is 17.0 Å². The number of rotatable bonds is 2. The van der Waals surface area contributed by atoms with Gasteiger partial charge in [-0.3, -0.25) is 4.79 Å². The summed E-state index contributed by atoms with van der Waals surface area (Å²) in [5.41, 5.74) is -2.45. The fourth-order valence-electron chi connectivity index (χ4n) is 3.13. The van der Waals surface area contributed by atoms with Crippen molar-refractivity contribution in [3.63, 3.8) is 0 Å². The molecule has 1 fully saturated rings. The van der Waals surface area contributed by atoms with Gasteiger partial charge in [-0.2, -0.15) is 13.2 Å². The van der Waals surface area contributed by atoms with E-state index < -0.39 is 53.1 Å². The van der Waals surface area contributed by atoms with Crippen LogP contribution in [0.15, 0.2) is 42.5 Å². The van der Waals surface area contributed by atoms with E-state index in [4.69, 9.17) is 0 Å². The number of β-amino-alcohol motifs (C(OH)–C–C–N with tert-alkyl or cyclic N) is 2. The molecular formula is C21H15F6NO4. The van der Waals surface area contributed by atoms with Crippen LogP contribution in [0.1, 0.15) is 11.1 Å². The molecule has 2 aromatic carbocycles. The van der Waals surface area contributed by atoms with Gasteiger partial charge in [0.05, 0.1) is 30.9 Å². The Morgan fingerprint density at radius 2 is 1.59 bits per heavy atom. The molecule has 0 radical (unpaired) electrons. The van der Waals surface area contributed by atoms with Gasteiger partial charge in [-0.1, -0.05) is 30.2 Å². The first-order valence-corrected chi connectivity index (χ1v) is 9.08. The van der Waals surface area contributed by atoms with Crippen molar-refractivity contribution in [2.75, 3.05) is 13.1 Å². The van der Waals surface area contributed by atoms with Gasteiger partial charge < -0.3 is 19.8 Å². The van der Waals surface area contributed by atoms with Crippen molar-refractivity contribution in [3.05, 3.63) is 53.6 Å². The third-order valence-electron chi connectivity index (χ3n) is 4.59. The Labute approximate surface area is 177 Å². The summed E-state index contributed by atoms with van der Waals surface area (Å²) in [6.45, 7) is -0.338. The number of likely N-dealkylation sites (tertiary alicyclic amines) is 1. The number of aliphatic hydroxyl groups is 2. The zero-order chi connectivity index (χ0) is 23.7. The SMILES string of the molecule is O=C(C#Cc1ccc(-c2ccccc2OC(F)(F)F)c(C(F)(F)F)c1)N1C[C@@H](O)[C@@H](O)C1. The van der Waals surface area contributed by atoms with Gasteiger partial charge in [-0.25, -0.2) is 0 Å². The van der Waals surface area contributed by atoms with Gasteiger partial charge in [0.2, 0.25) is 0 Å². The molecular weight excluding hydrogens is 444 g/mol. The number of amides is 1. The average Bonchev–Trinajstić information content (AvgIpc) is 3.03. The van der Waals surface area contributed by atoms with Crippen LogP contribution in [0.2, 0.25) is 0 Å². The van der Waals surface area contributed by atoms with E-state index in [1.54, 1.807) is 0 Å². The molecule has 32 heavy (non-hydrogen) atoms. The smallest absolute Gasteiger partial charge is 0.405 e. The number of benzene rings is 2. The van der Waals surface area contributed by atoms with Gasteiger partial charge in [-0.05, 0) is 23.8 Å². The van der Waals surface area contributed by atoms with E-state index in [-0.39, 0.29) is 18.7 Å². The molecule has 2 N–H and O–H groups in total. The maximum absolute atomic E-state index is 13.7. The number of para-hydroxylation sites is 1. The highest BCUT2D eigenvalue weighted by molar-refractivity contribution is 5.94. The van der Waals surface area contributed by atoms with E-state index >= 15 is 0 Å². The molecule has 0 aromatic heterocycles. The third-order valence-corrected chi connectivity index (χ3v) is 4.59. The van der Waals surface area contributed by atoms with E-state index in [2.05, 4.69) is 16.6 Å². The first-order valence-electron chi connectivity index (χ1n) is 9.08. The monoisotopic (exact) mass is 459 g/mol. The van der Waals surface area contributed by atoms with Crippen molar-refractivity contribution in [3.8, 4) is 28.7 Å². The third kappa shape index (κ3) is 5.52. The van der Waals surface area contributed by atoms with Gasteiger partial charge >= 0.3 is 12.5 Å². The lowest BCUT2D eigenvalue weighted by molar-refractivity contribution is -0.274. The van der Waals surface area contributed by atoms with E-state index in [1.165, 1.54) is 12.1 Å². The van der Waals surface area contributed by atoms with Crippen LogP contribution in [0.5, 0.6) is 5.75 Å². The molecule has 0 unspecified atom stereocenters. The highest BCUT2D eigenvalue weighted by Gasteiger charge is 2.37. The number of aliphatic hydroxyl groups excluding tert-OH is 2. The minimum atomic E-state index is -5.10. The van der Waals surface area contributed by atoms with Crippen molar-refractivity contribution in [2.24, 2.45) is 0 Å². The Morgan fingerprint density at radius 1 is 0.969 bits per heavy atom. The Bertz CT molecular complexity index is 1060. The summed E-state index contributed by atoms with van der Waals surface area (Å²) < 4.78 is 82.8. The summed E-state index contributed by atoms with van der Waals surface area (Å²) in [4.78, 5) is 13.1. The van der Waals surface area contributed by atoms with E-state index in [0.29, 0.717) is 6.07 Å². The number of hydrogen-bond acceptors (Lipinski definition) is 4. The standard InChI is InChI=1S/C21H15F6NO4/c22-20(23,24)15-9-12(6-8-19(31)28-10-16(29)17(30)11-28)5-7-13(15)14-3-1-2-4-18(14)32-21(25,26)27/h1-5,7,9,16-17,29-30H,10-11H2/t16-,17+. The molecule has 0 spiro atoms. The lowest BCUT2D eigenvalue weighted by Crippen LogP contribution is -2.28. The summed E-state index contributed by atoms with van der Waals surface area (Å²) in [5, 5.41) is 18.9. The minimum Gasteiger partial charge on any atom is -0.405 e. The van der Waals surface area contributed by atoms with Crippen LogP contribution in [0.25, 0.3) is 11.1 Å². The van der Waals surface area contributed by atoms with Crippen molar-refractivity contribution in [1.29, 1.82) is 0 Å². The van der Waals surface area contributed by atoms with Crippen molar-refractivity contribution >= 4 is 5.91 Å². The van der Waals surface area contributed by atoms with Crippen LogP contribution in [0, 0.1) is 11.8 Å². The van der Waals surface area contributed by atoms with Crippen LogP contribution in [-0.4, -0.2) is 52.7 Å². The second-order valence-corrected chi connectivity index (χ2v) is 6.90. The van der Waals surface area contributed by atoms with Gasteiger partial charge in [0.15, 0.2) is 0 Å². The molecule has 0 aliphatic carbocycles. The molecule has 1 saturated heterocycles. The normalized spacial score (nSPS) is 18.8. The second kappa shape index (κ2) is 8.72. The van der Waals surface area contributed by atoms with E-state index in [9.17, 15) is 41.4 Å². The summed E-state index contributed by atoms with van der Waals surface area (Å²) in [6, 6.07) is 7.11. The largest absolute Gasteiger partial charge is 0.573 e. The molecule has 1 amide bonds. The lowest BCUT2D eigenvalue weighted by atomic mass is 9.96. The molecule has 11 heteroatoms. The summed E-state index contributed by atoms with van der Waals surface area (Å²) >= 11 is 0. The maximum atomic E-state index is 13.7. The number of nitrogens with zero attached hydrogens (tertiary/aromatic N) is 1. The summed E-state index contributed by atoms with van der Waals surface area (Å²) in [6.07, 6.45) is -12.3. The topological polar surface area (TPSA) is 70.0 Å². The average molecular weight is 459 g/mol. The molecule has 1 aliphatic rings. The van der Waals surface area contributed by atoms with E-state index in [1.807, 2.05) is 0 Å². The predicted octanol–water partition coefficient (Wildman–Crippen LogP) is 3.19. The van der Waals surface area contributed by atoms with Crippen LogP contribution in [0.4, 0.5) is 26.3 Å². The number of halogens is 6. The minimum absolute atomic E-state index is 0.169. The maximum Gasteiger partial charge on any atom is 0.573 e. The van der Waals surface area contributed by atoms with Crippen molar-refractivity contribution < 1.29 is 46.1 Å². The molecule has 1 aliphatic heterocycles. The Morgan fingerprint density at radius 3 is 2.19 bits per heavy atom. The Balaban J connectivity index is 1.97. The van der Waals surface area contributed by atoms with Crippen LogP contribution in [0.3, 0.4) is 0 Å². The summed E-state index contributed by atoms with van der Waals surface area (Å²) in [7, 11) is 0. The quantitative estimate of drug-likeness (QED) is 0.535. The number of ether oxygens (including phenoxy) is 1. The second-order valence-electron chi connectivity index (χ2n) is 6.90. The van der Waals surface area contributed by atoms with Crippen molar-refractivity contribution in [2.45, 2.75) is 24.7 Å². The molecule has 3 rings (SSSR count). The summed E-state index contributed by atoms with van der Waals surface area (Å²) in [5.74, 6) is 2.81. The van der Waals surface area contributed by atoms with Gasteiger partial charge in [0.1, 0.15) is 5.75 Å². The number of alkyl halides is 6. The molecule has 1 heterocycles. The first kappa shape index (κ1) is 23.4. The number of carbonyl (C=O) groups is 1. The van der Waals surface area contributed by atoms with Gasteiger partial charge in [-0.15, -0.1) is 13.2 Å². The molecule has 2 atom stereocenters. The number of carbonyl (C=O) groups excluding carboxylic acids is 1. The molecule has 0 saturated carbocycles. The van der Waals surface area contributed by atoms with Crippen LogP contribution >= 0.6 is 0 Å². The Kier molecular flexibility index (Phi) is 6.39. The van der Waals surface area contributed by atoms with Crippen molar-refractivity contribution in [1.82, 2.24) is 4.90 Å². The zero-order valence-corrected chi connectivity index (χ0v) is 16.0. The molecule has 5 nitrogen and oxygen atoms in total. The molecule has 170 valence electrons. The van der Waals surface area contributed by atoms with Gasteiger partial charge in [0.25, 0.3) is 5.91 Å². The zero-order valence-electron chi connectivity index (χ0n) is 16.0. The highest BCUT2D eigenvalue weighted by Crippen LogP contribution is 2.41. The fraction of sp³-hybridized carbons (Fsp3) is 0.286. The lowest BCUT2D eigenvalue weighted by Gasteiger charge is -2.17. The van der Waals surface area contributed by atoms with E-state index in [0.717, 1.165) is 29.2 Å². The predicted molar refractivity (Wildman–Crippen MR) is 99.0 cm³/mol. The van der Waals surface area contributed by atoms with Crippen LogP contribution in [-0.2, 0) is 11.0 Å².